The molecule has 1 spiro atoms. The number of hydrogen-bond acceptors (Lipinski definition) is 5. The highest BCUT2D eigenvalue weighted by atomic mass is 16.5. The van der Waals surface area contributed by atoms with E-state index < -0.39 is 17.1 Å². The Morgan fingerprint density at radius 3 is 2.79 bits per heavy atom. The van der Waals surface area contributed by atoms with Crippen LogP contribution in [0.5, 0.6) is 11.5 Å². The van der Waals surface area contributed by atoms with Gasteiger partial charge in [-0.25, -0.2) is 0 Å². The third-order valence-electron chi connectivity index (χ3n) is 8.75. The number of likely N-dealkylation sites (N-methyl/N-ethyl adjacent to an activating group) is 1. The number of methoxy groups -OCH3 is 1. The molecule has 2 bridgehead atoms. The molecule has 174 valence electrons. The molecule has 2 fully saturated rings. The first-order valence-corrected chi connectivity index (χ1v) is 12.5. The van der Waals surface area contributed by atoms with Gasteiger partial charge in [0, 0.05) is 24.6 Å². The van der Waals surface area contributed by atoms with Crippen molar-refractivity contribution in [3.05, 3.63) is 59.2 Å². The Bertz CT molecular complexity index is 1070. The summed E-state index contributed by atoms with van der Waals surface area (Å²) in [6.07, 6.45) is 4.62. The number of likely N-dealkylation sites (tertiary alicyclic amines) is 1. The number of Topliss-reactive ketones (excluding diaryl/α,β-unsaturated/α-hetero) is 1. The van der Waals surface area contributed by atoms with Gasteiger partial charge < -0.3 is 14.2 Å². The van der Waals surface area contributed by atoms with Crippen LogP contribution >= 0.6 is 0 Å². The Morgan fingerprint density at radius 2 is 2.00 bits per heavy atom. The monoisotopic (exact) mass is 447 g/mol. The van der Waals surface area contributed by atoms with E-state index in [1.807, 2.05) is 6.07 Å². The van der Waals surface area contributed by atoms with Crippen molar-refractivity contribution in [2.75, 3.05) is 26.8 Å². The average molecular weight is 448 g/mol. The van der Waals surface area contributed by atoms with Crippen molar-refractivity contribution in [3.63, 3.8) is 0 Å². The van der Waals surface area contributed by atoms with Gasteiger partial charge in [-0.2, -0.15) is 0 Å². The predicted octanol–water partition coefficient (Wildman–Crippen LogP) is 4.10. The van der Waals surface area contributed by atoms with Crippen LogP contribution in [0.4, 0.5) is 0 Å². The van der Waals surface area contributed by atoms with Crippen LogP contribution in [-0.2, 0) is 27.8 Å². The highest BCUT2D eigenvalue weighted by Gasteiger charge is 2.74. The highest BCUT2D eigenvalue weighted by Crippen LogP contribution is 2.66. The Morgan fingerprint density at radius 1 is 1.15 bits per heavy atom. The minimum atomic E-state index is -0.466. The molecular formula is C28H33NO4. The fourth-order valence-corrected chi connectivity index (χ4v) is 7.38. The average Bonchev–Trinajstić information content (AvgIpc) is 3.20. The third kappa shape index (κ3) is 2.82. The topological polar surface area (TPSA) is 48.0 Å². The lowest BCUT2D eigenvalue weighted by Crippen LogP contribution is -2.77. The Kier molecular flexibility index (Phi) is 5.04. The summed E-state index contributed by atoms with van der Waals surface area (Å²) in [7, 11) is 1.68. The molecule has 2 aliphatic carbocycles. The van der Waals surface area contributed by atoms with Crippen LogP contribution in [0.15, 0.2) is 42.5 Å². The molecule has 1 saturated carbocycles. The maximum Gasteiger partial charge on any atom is 0.174 e. The smallest absolute Gasteiger partial charge is 0.174 e. The van der Waals surface area contributed by atoms with Gasteiger partial charge in [0.05, 0.1) is 18.1 Å². The van der Waals surface area contributed by atoms with Crippen molar-refractivity contribution >= 4 is 5.78 Å². The Hall–Kier alpha value is -2.37. The largest absolute Gasteiger partial charge is 0.493 e. The number of carbonyl (C=O) groups is 1. The quantitative estimate of drug-likeness (QED) is 0.598. The second kappa shape index (κ2) is 7.85. The standard InChI is InChI=1S/C28H33NO4/c1-3-29-16-15-27-24-20-11-12-22(31-2)25(24)33-26(27)21(30)13-14-28(27,23(29)18-20)32-17-7-10-19-8-5-4-6-9-19/h4-6,8-9,11-12,23,26H,3,7,10,13-18H2,1-2H3/t23-,26+,27+,28-/m1/s1. The first-order valence-electron chi connectivity index (χ1n) is 12.5. The minimum Gasteiger partial charge on any atom is -0.493 e. The molecular weight excluding hydrogens is 414 g/mol. The zero-order valence-electron chi connectivity index (χ0n) is 19.6. The van der Waals surface area contributed by atoms with Crippen LogP contribution in [0, 0.1) is 0 Å². The molecule has 2 aromatic rings. The van der Waals surface area contributed by atoms with Crippen LogP contribution in [-0.4, -0.2) is 55.2 Å². The number of carbonyl (C=O) groups excluding carboxylic acids is 1. The summed E-state index contributed by atoms with van der Waals surface area (Å²) < 4.78 is 19.2. The fourth-order valence-electron chi connectivity index (χ4n) is 7.38. The summed E-state index contributed by atoms with van der Waals surface area (Å²) in [6.45, 7) is 4.90. The van der Waals surface area contributed by atoms with Gasteiger partial charge in [0.15, 0.2) is 23.4 Å². The zero-order valence-corrected chi connectivity index (χ0v) is 19.6. The van der Waals surface area contributed by atoms with Crippen LogP contribution in [0.3, 0.4) is 0 Å². The first-order chi connectivity index (χ1) is 16.1. The van der Waals surface area contributed by atoms with Crippen molar-refractivity contribution in [2.45, 2.75) is 68.6 Å². The van der Waals surface area contributed by atoms with E-state index in [-0.39, 0.29) is 11.8 Å². The van der Waals surface area contributed by atoms with Gasteiger partial charge in [-0.15, -0.1) is 0 Å². The van der Waals surface area contributed by atoms with Gasteiger partial charge in [0.25, 0.3) is 0 Å². The summed E-state index contributed by atoms with van der Waals surface area (Å²) in [4.78, 5) is 15.9. The second-order valence-electron chi connectivity index (χ2n) is 9.99. The molecule has 6 rings (SSSR count). The fraction of sp³-hybridized carbons (Fsp3) is 0.536. The van der Waals surface area contributed by atoms with Crippen molar-refractivity contribution in [2.24, 2.45) is 0 Å². The molecule has 4 aliphatic rings. The summed E-state index contributed by atoms with van der Waals surface area (Å²) in [6, 6.07) is 15.1. The van der Waals surface area contributed by atoms with E-state index in [9.17, 15) is 4.79 Å². The second-order valence-corrected chi connectivity index (χ2v) is 9.99. The molecule has 33 heavy (non-hydrogen) atoms. The zero-order chi connectivity index (χ0) is 22.6. The van der Waals surface area contributed by atoms with E-state index >= 15 is 0 Å². The van der Waals surface area contributed by atoms with Crippen LogP contribution in [0.2, 0.25) is 0 Å². The van der Waals surface area contributed by atoms with E-state index in [2.05, 4.69) is 48.2 Å². The van der Waals surface area contributed by atoms with Gasteiger partial charge in [-0.05, 0) is 62.4 Å². The SMILES string of the molecule is CCN1CC[C@]23c4c5ccc(OC)c4O[C@H]2C(=O)CC[C@@]3(OCCCc2ccccc2)[C@H]1C5. The molecule has 0 amide bonds. The normalized spacial score (nSPS) is 31.8. The van der Waals surface area contributed by atoms with Gasteiger partial charge in [-0.3, -0.25) is 9.69 Å². The van der Waals surface area contributed by atoms with Crippen LogP contribution < -0.4 is 9.47 Å². The number of rotatable bonds is 7. The van der Waals surface area contributed by atoms with E-state index in [4.69, 9.17) is 14.2 Å². The number of benzene rings is 2. The lowest BCUT2D eigenvalue weighted by Gasteiger charge is -2.64. The van der Waals surface area contributed by atoms with E-state index in [1.54, 1.807) is 7.11 Å². The molecule has 2 aromatic carbocycles. The van der Waals surface area contributed by atoms with Crippen LogP contribution in [0.1, 0.15) is 49.3 Å². The summed E-state index contributed by atoms with van der Waals surface area (Å²) >= 11 is 0. The number of ether oxygens (including phenoxy) is 3. The molecule has 0 aromatic heterocycles. The van der Waals surface area contributed by atoms with Crippen molar-refractivity contribution in [1.29, 1.82) is 0 Å². The number of ketones is 1. The molecule has 0 N–H and O–H groups in total. The van der Waals surface area contributed by atoms with Crippen molar-refractivity contribution in [3.8, 4) is 11.5 Å². The molecule has 2 aliphatic heterocycles. The summed E-state index contributed by atoms with van der Waals surface area (Å²) in [5, 5.41) is 0. The predicted molar refractivity (Wildman–Crippen MR) is 126 cm³/mol. The van der Waals surface area contributed by atoms with Gasteiger partial charge in [0.1, 0.15) is 0 Å². The Labute approximate surface area is 196 Å². The van der Waals surface area contributed by atoms with Gasteiger partial charge in [-0.1, -0.05) is 43.3 Å². The molecule has 5 heteroatoms. The number of hydrogen-bond donors (Lipinski definition) is 0. The maximum absolute atomic E-state index is 13.3. The molecule has 4 atom stereocenters. The van der Waals surface area contributed by atoms with E-state index in [0.717, 1.165) is 56.7 Å². The molecule has 0 unspecified atom stereocenters. The first kappa shape index (κ1) is 21.2. The summed E-state index contributed by atoms with van der Waals surface area (Å²) in [5.41, 5.74) is 3.03. The molecule has 1 saturated heterocycles. The number of piperidine rings is 1. The van der Waals surface area contributed by atoms with Crippen molar-refractivity contribution in [1.82, 2.24) is 4.90 Å². The van der Waals surface area contributed by atoms with Gasteiger partial charge >= 0.3 is 0 Å². The molecule has 5 nitrogen and oxygen atoms in total. The van der Waals surface area contributed by atoms with E-state index in [1.165, 1.54) is 16.7 Å². The van der Waals surface area contributed by atoms with Crippen molar-refractivity contribution < 1.29 is 19.0 Å². The number of aryl methyl sites for hydroxylation is 1. The van der Waals surface area contributed by atoms with E-state index in [0.29, 0.717) is 13.0 Å². The lowest BCUT2D eigenvalue weighted by atomic mass is 9.48. The Balaban J connectivity index is 1.41. The third-order valence-corrected chi connectivity index (χ3v) is 8.75. The highest BCUT2D eigenvalue weighted by molar-refractivity contribution is 5.90. The molecule has 2 heterocycles. The maximum atomic E-state index is 13.3. The lowest BCUT2D eigenvalue weighted by molar-refractivity contribution is -0.212. The molecule has 0 radical (unpaired) electrons. The minimum absolute atomic E-state index is 0.216. The van der Waals surface area contributed by atoms with Crippen LogP contribution in [0.25, 0.3) is 0 Å². The van der Waals surface area contributed by atoms with Gasteiger partial charge in [0.2, 0.25) is 0 Å². The summed E-state index contributed by atoms with van der Waals surface area (Å²) in [5.74, 6) is 1.74. The number of nitrogens with zero attached hydrogens (tertiary/aromatic N) is 1.